The summed E-state index contributed by atoms with van der Waals surface area (Å²) in [4.78, 5) is 26.0. The number of hydrogen-bond acceptors (Lipinski definition) is 3. The predicted octanol–water partition coefficient (Wildman–Crippen LogP) is 3.42. The molecule has 1 heterocycles. The molecule has 6 nitrogen and oxygen atoms in total. The quantitative estimate of drug-likeness (QED) is 0.700. The van der Waals surface area contributed by atoms with E-state index in [1.54, 1.807) is 10.8 Å². The molecular weight excluding hydrogens is 352 g/mol. The smallest absolute Gasteiger partial charge is 0.247 e. The lowest BCUT2D eigenvalue weighted by Crippen LogP contribution is -2.47. The molecule has 26 heavy (non-hydrogen) atoms. The van der Waals surface area contributed by atoms with Gasteiger partial charge in [0.25, 0.3) is 0 Å². The second kappa shape index (κ2) is 9.76. The molecule has 1 rings (SSSR count). The SMILES string of the molecule is CCCCn1nc(C)c(/C=C/C(=O)N(CC)CC(=O)NC(C)(C)C)c1Cl. The van der Waals surface area contributed by atoms with Gasteiger partial charge in [0.2, 0.25) is 11.8 Å². The van der Waals surface area contributed by atoms with Gasteiger partial charge in [0.15, 0.2) is 0 Å². The van der Waals surface area contributed by atoms with Gasteiger partial charge in [-0.05, 0) is 47.1 Å². The molecule has 2 amide bonds. The summed E-state index contributed by atoms with van der Waals surface area (Å²) in [7, 11) is 0. The zero-order chi connectivity index (χ0) is 19.9. The van der Waals surface area contributed by atoms with Gasteiger partial charge >= 0.3 is 0 Å². The van der Waals surface area contributed by atoms with Crippen molar-refractivity contribution in [3.8, 4) is 0 Å². The zero-order valence-corrected chi connectivity index (χ0v) is 17.5. The van der Waals surface area contributed by atoms with Crippen molar-refractivity contribution < 1.29 is 9.59 Å². The molecule has 0 saturated heterocycles. The van der Waals surface area contributed by atoms with E-state index in [-0.39, 0.29) is 23.9 Å². The number of carbonyl (C=O) groups is 2. The topological polar surface area (TPSA) is 67.2 Å². The molecule has 1 aromatic rings. The predicted molar refractivity (Wildman–Crippen MR) is 106 cm³/mol. The van der Waals surface area contributed by atoms with Crippen molar-refractivity contribution in [2.75, 3.05) is 13.1 Å². The maximum absolute atomic E-state index is 12.4. The standard InChI is InChI=1S/C19H31ClN4O2/c1-7-9-12-24-18(20)15(14(3)22-24)10-11-17(26)23(8-2)13-16(25)21-19(4,5)6/h10-11H,7-9,12-13H2,1-6H3,(H,21,25)/b11-10+. The minimum absolute atomic E-state index is 0.0272. The van der Waals surface area contributed by atoms with Crippen LogP contribution in [-0.2, 0) is 16.1 Å². The zero-order valence-electron chi connectivity index (χ0n) is 16.7. The lowest BCUT2D eigenvalue weighted by atomic mass is 10.1. The number of carbonyl (C=O) groups excluding carboxylic acids is 2. The number of nitrogens with zero attached hydrogens (tertiary/aromatic N) is 3. The second-order valence-electron chi connectivity index (χ2n) is 7.35. The van der Waals surface area contributed by atoms with Crippen LogP contribution in [0.3, 0.4) is 0 Å². The Balaban J connectivity index is 2.81. The molecule has 0 unspecified atom stereocenters. The monoisotopic (exact) mass is 382 g/mol. The first-order chi connectivity index (χ1) is 12.1. The summed E-state index contributed by atoms with van der Waals surface area (Å²) in [6.07, 6.45) is 5.18. The molecule has 0 aliphatic heterocycles. The maximum atomic E-state index is 12.4. The third kappa shape index (κ3) is 6.83. The summed E-state index contributed by atoms with van der Waals surface area (Å²) < 4.78 is 1.76. The number of unbranched alkanes of at least 4 members (excludes halogenated alkanes) is 1. The van der Waals surface area contributed by atoms with Crippen LogP contribution in [-0.4, -0.2) is 45.1 Å². The number of halogens is 1. The van der Waals surface area contributed by atoms with E-state index < -0.39 is 0 Å². The van der Waals surface area contributed by atoms with Gasteiger partial charge in [0.1, 0.15) is 5.15 Å². The van der Waals surface area contributed by atoms with Crippen molar-refractivity contribution in [3.63, 3.8) is 0 Å². The highest BCUT2D eigenvalue weighted by atomic mass is 35.5. The molecular formula is C19H31ClN4O2. The Labute approximate surface area is 161 Å². The number of aryl methyl sites for hydroxylation is 2. The molecule has 0 spiro atoms. The minimum atomic E-state index is -0.326. The molecule has 1 N–H and O–H groups in total. The number of likely N-dealkylation sites (N-methyl/N-ethyl adjacent to an activating group) is 1. The lowest BCUT2D eigenvalue weighted by Gasteiger charge is -2.24. The number of amides is 2. The fraction of sp³-hybridized carbons (Fsp3) is 0.632. The van der Waals surface area contributed by atoms with E-state index in [2.05, 4.69) is 17.3 Å². The highest BCUT2D eigenvalue weighted by Crippen LogP contribution is 2.21. The van der Waals surface area contributed by atoms with E-state index in [9.17, 15) is 9.59 Å². The van der Waals surface area contributed by atoms with Gasteiger partial charge in [-0.15, -0.1) is 0 Å². The van der Waals surface area contributed by atoms with Gasteiger partial charge in [-0.25, -0.2) is 0 Å². The third-order valence-corrected chi connectivity index (χ3v) is 4.17. The van der Waals surface area contributed by atoms with Crippen LogP contribution in [0.5, 0.6) is 0 Å². The molecule has 7 heteroatoms. The number of rotatable bonds is 8. The van der Waals surface area contributed by atoms with E-state index in [1.165, 1.54) is 11.0 Å². The van der Waals surface area contributed by atoms with Crippen LogP contribution in [0.4, 0.5) is 0 Å². The van der Waals surface area contributed by atoms with Crippen LogP contribution in [0.1, 0.15) is 58.7 Å². The Morgan fingerprint density at radius 3 is 2.50 bits per heavy atom. The minimum Gasteiger partial charge on any atom is -0.350 e. The molecule has 0 fully saturated rings. The Morgan fingerprint density at radius 1 is 1.31 bits per heavy atom. The van der Waals surface area contributed by atoms with Gasteiger partial charge in [-0.1, -0.05) is 24.9 Å². The highest BCUT2D eigenvalue weighted by Gasteiger charge is 2.18. The Morgan fingerprint density at radius 2 is 1.96 bits per heavy atom. The maximum Gasteiger partial charge on any atom is 0.247 e. The molecule has 0 aliphatic carbocycles. The molecule has 0 aliphatic rings. The van der Waals surface area contributed by atoms with Gasteiger partial charge in [-0.3, -0.25) is 14.3 Å². The van der Waals surface area contributed by atoms with Crippen molar-refractivity contribution in [1.82, 2.24) is 20.0 Å². The summed E-state index contributed by atoms with van der Waals surface area (Å²) >= 11 is 6.38. The Bertz CT molecular complexity index is 659. The molecule has 0 radical (unpaired) electrons. The third-order valence-electron chi connectivity index (χ3n) is 3.77. The van der Waals surface area contributed by atoms with Crippen LogP contribution >= 0.6 is 11.6 Å². The van der Waals surface area contributed by atoms with Gasteiger partial charge in [0.05, 0.1) is 12.2 Å². The highest BCUT2D eigenvalue weighted by molar-refractivity contribution is 6.31. The number of nitrogens with one attached hydrogen (secondary N) is 1. The molecule has 0 saturated carbocycles. The fourth-order valence-corrected chi connectivity index (χ4v) is 2.77. The normalized spacial score (nSPS) is 11.8. The van der Waals surface area contributed by atoms with E-state index in [0.29, 0.717) is 11.7 Å². The van der Waals surface area contributed by atoms with E-state index in [1.807, 2.05) is 34.6 Å². The summed E-state index contributed by atoms with van der Waals surface area (Å²) in [6.45, 7) is 12.8. The average molecular weight is 383 g/mol. The number of aromatic nitrogens is 2. The van der Waals surface area contributed by atoms with Crippen molar-refractivity contribution in [1.29, 1.82) is 0 Å². The number of hydrogen-bond donors (Lipinski definition) is 1. The van der Waals surface area contributed by atoms with Gasteiger partial charge < -0.3 is 10.2 Å². The summed E-state index contributed by atoms with van der Waals surface area (Å²) in [6, 6.07) is 0. The summed E-state index contributed by atoms with van der Waals surface area (Å²) in [5, 5.41) is 7.82. The molecule has 0 bridgehead atoms. The van der Waals surface area contributed by atoms with Crippen molar-refractivity contribution >= 4 is 29.5 Å². The largest absolute Gasteiger partial charge is 0.350 e. The van der Waals surface area contributed by atoms with Crippen molar-refractivity contribution in [2.45, 2.75) is 66.5 Å². The van der Waals surface area contributed by atoms with Crippen LogP contribution in [0, 0.1) is 6.92 Å². The second-order valence-corrected chi connectivity index (χ2v) is 7.71. The van der Waals surface area contributed by atoms with Crippen LogP contribution in [0.15, 0.2) is 6.08 Å². The first-order valence-corrected chi connectivity index (χ1v) is 9.47. The van der Waals surface area contributed by atoms with Gasteiger partial charge in [-0.2, -0.15) is 5.10 Å². The molecule has 0 atom stereocenters. The van der Waals surface area contributed by atoms with Crippen LogP contribution in [0.2, 0.25) is 5.15 Å². The summed E-state index contributed by atoms with van der Waals surface area (Å²) in [5.74, 6) is -0.406. The van der Waals surface area contributed by atoms with E-state index in [0.717, 1.165) is 30.6 Å². The fourth-order valence-electron chi connectivity index (χ4n) is 2.45. The Kier molecular flexibility index (Phi) is 8.34. The van der Waals surface area contributed by atoms with Crippen molar-refractivity contribution in [2.24, 2.45) is 0 Å². The van der Waals surface area contributed by atoms with Crippen molar-refractivity contribution in [3.05, 3.63) is 22.5 Å². The first-order valence-electron chi connectivity index (χ1n) is 9.10. The average Bonchev–Trinajstić information content (AvgIpc) is 2.80. The summed E-state index contributed by atoms with van der Waals surface area (Å²) in [5.41, 5.74) is 1.20. The molecule has 146 valence electrons. The van der Waals surface area contributed by atoms with Gasteiger partial charge in [0, 0.05) is 30.3 Å². The Hall–Kier alpha value is -1.82. The van der Waals surface area contributed by atoms with Crippen LogP contribution in [0.25, 0.3) is 6.08 Å². The van der Waals surface area contributed by atoms with E-state index in [4.69, 9.17) is 11.6 Å². The van der Waals surface area contributed by atoms with E-state index >= 15 is 0 Å². The lowest BCUT2D eigenvalue weighted by molar-refractivity contribution is -0.132. The molecule has 1 aromatic heterocycles. The van der Waals surface area contributed by atoms with Crippen LogP contribution < -0.4 is 5.32 Å². The first kappa shape index (κ1) is 22.2. The molecule has 0 aromatic carbocycles.